The minimum Gasteiger partial charge on any atom is -0.459 e. The van der Waals surface area contributed by atoms with Crippen LogP contribution < -0.4 is 4.90 Å². The van der Waals surface area contributed by atoms with E-state index >= 15 is 0 Å². The van der Waals surface area contributed by atoms with Gasteiger partial charge in [-0.1, -0.05) is 206 Å². The SMILES string of the molecule is Cc1ccc(C2(c3ccccc3)c3ccccc3-c3c(N(c4ccc(-c5ccccc5)cc4)c4ccc(C5CC=Cc6c5oc5c(C7C=CC=CC7)cccc65)cc4)cccc32)cc1. The Balaban J connectivity index is 1.02. The Kier molecular flexibility index (Phi) is 9.26. The molecule has 3 atom stereocenters. The van der Waals surface area contributed by atoms with Gasteiger partial charge in [0.25, 0.3) is 0 Å². The molecular formula is C62H47NO. The average Bonchev–Trinajstić information content (AvgIpc) is 3.90. The second-order valence-electron chi connectivity index (χ2n) is 17.5. The van der Waals surface area contributed by atoms with Crippen molar-refractivity contribution in [2.45, 2.75) is 37.0 Å². The third-order valence-corrected chi connectivity index (χ3v) is 13.9. The maximum Gasteiger partial charge on any atom is 0.138 e. The highest BCUT2D eigenvalue weighted by molar-refractivity contribution is 5.98. The van der Waals surface area contributed by atoms with Crippen molar-refractivity contribution < 1.29 is 4.42 Å². The highest BCUT2D eigenvalue weighted by Gasteiger charge is 2.47. The van der Waals surface area contributed by atoms with Crippen molar-refractivity contribution in [2.75, 3.05) is 4.90 Å². The van der Waals surface area contributed by atoms with Crippen molar-refractivity contribution in [1.82, 2.24) is 0 Å². The Morgan fingerprint density at radius 3 is 1.98 bits per heavy atom. The summed E-state index contributed by atoms with van der Waals surface area (Å²) in [6, 6.07) is 71.9. The summed E-state index contributed by atoms with van der Waals surface area (Å²) in [6.07, 6.45) is 15.3. The number of aryl methyl sites for hydroxylation is 1. The summed E-state index contributed by atoms with van der Waals surface area (Å²) in [7, 11) is 0. The van der Waals surface area contributed by atoms with E-state index in [9.17, 15) is 0 Å². The molecular weight excluding hydrogens is 775 g/mol. The van der Waals surface area contributed by atoms with Crippen LogP contribution in [0.4, 0.5) is 17.1 Å². The van der Waals surface area contributed by atoms with E-state index in [1.165, 1.54) is 72.1 Å². The lowest BCUT2D eigenvalue weighted by Crippen LogP contribution is -2.28. The van der Waals surface area contributed by atoms with Crippen molar-refractivity contribution in [2.24, 2.45) is 0 Å². The predicted octanol–water partition coefficient (Wildman–Crippen LogP) is 16.4. The van der Waals surface area contributed by atoms with Gasteiger partial charge in [0.2, 0.25) is 0 Å². The molecule has 0 saturated carbocycles. The zero-order valence-electron chi connectivity index (χ0n) is 35.9. The molecule has 2 nitrogen and oxygen atoms in total. The summed E-state index contributed by atoms with van der Waals surface area (Å²) in [4.78, 5) is 2.47. The molecule has 0 N–H and O–H groups in total. The third-order valence-electron chi connectivity index (χ3n) is 13.9. The molecule has 3 unspecified atom stereocenters. The summed E-state index contributed by atoms with van der Waals surface area (Å²) in [5, 5.41) is 1.20. The second-order valence-corrected chi connectivity index (χ2v) is 17.5. The number of rotatable bonds is 8. The summed E-state index contributed by atoms with van der Waals surface area (Å²) < 4.78 is 6.97. The molecule has 8 aromatic carbocycles. The number of furan rings is 1. The third kappa shape index (κ3) is 6.08. The number of nitrogens with zero attached hydrogens (tertiary/aromatic N) is 1. The maximum atomic E-state index is 6.97. The van der Waals surface area contributed by atoms with Gasteiger partial charge in [0.1, 0.15) is 11.3 Å². The molecule has 3 aliphatic rings. The lowest BCUT2D eigenvalue weighted by Gasteiger charge is -2.34. The number of allylic oxidation sites excluding steroid dienone is 5. The van der Waals surface area contributed by atoms with Gasteiger partial charge < -0.3 is 9.32 Å². The number of hydrogen-bond acceptors (Lipinski definition) is 2. The lowest BCUT2D eigenvalue weighted by molar-refractivity contribution is 0.513. The standard InChI is InChI=1S/C62H47NO/c1-42-30-36-48(37-31-42)62(47-20-9-4-10-21-47)56-27-12-11-22-55(56)59-57(62)28-15-29-58(59)63(49-38-32-44(33-39-49)43-16-5-2-6-17-43)50-40-34-46(35-41-50)52-24-14-26-54-53-25-13-23-51(60(53)64-61(52)54)45-18-7-3-8-19-45/h2-18,20-23,25-41,45,52H,19,24H2,1H3. The molecule has 0 bridgehead atoms. The van der Waals surface area contributed by atoms with Crippen LogP contribution in [0, 0.1) is 6.92 Å². The van der Waals surface area contributed by atoms with Gasteiger partial charge in [0.15, 0.2) is 0 Å². The average molecular weight is 822 g/mol. The van der Waals surface area contributed by atoms with Gasteiger partial charge in [-0.05, 0) is 94.6 Å². The molecule has 9 aromatic rings. The van der Waals surface area contributed by atoms with Crippen LogP contribution in [0.3, 0.4) is 0 Å². The molecule has 0 fully saturated rings. The molecule has 0 radical (unpaired) electrons. The summed E-state index contributed by atoms with van der Waals surface area (Å²) in [5.41, 5.74) is 18.9. The number of benzene rings is 8. The maximum absolute atomic E-state index is 6.97. The van der Waals surface area contributed by atoms with E-state index in [0.717, 1.165) is 41.2 Å². The van der Waals surface area contributed by atoms with Crippen LogP contribution in [0.2, 0.25) is 0 Å². The van der Waals surface area contributed by atoms with Gasteiger partial charge in [-0.3, -0.25) is 0 Å². The first-order valence-electron chi connectivity index (χ1n) is 22.6. The van der Waals surface area contributed by atoms with Crippen molar-refractivity contribution in [3.8, 4) is 22.3 Å². The van der Waals surface area contributed by atoms with E-state index in [0.29, 0.717) is 5.92 Å². The summed E-state index contributed by atoms with van der Waals surface area (Å²) in [5.74, 6) is 1.49. The summed E-state index contributed by atoms with van der Waals surface area (Å²) >= 11 is 0. The van der Waals surface area contributed by atoms with E-state index in [-0.39, 0.29) is 5.92 Å². The molecule has 2 heteroatoms. The highest BCUT2D eigenvalue weighted by atomic mass is 16.3. The smallest absolute Gasteiger partial charge is 0.138 e. The fourth-order valence-electron chi connectivity index (χ4n) is 10.9. The Morgan fingerprint density at radius 1 is 0.547 bits per heavy atom. The topological polar surface area (TPSA) is 16.4 Å². The molecule has 0 amide bonds. The quantitative estimate of drug-likeness (QED) is 0.152. The van der Waals surface area contributed by atoms with Gasteiger partial charge >= 0.3 is 0 Å². The van der Waals surface area contributed by atoms with E-state index in [2.05, 4.69) is 242 Å². The Labute approximate surface area is 375 Å². The molecule has 1 aromatic heterocycles. The van der Waals surface area contributed by atoms with Crippen LogP contribution >= 0.6 is 0 Å². The fourth-order valence-corrected chi connectivity index (χ4v) is 10.9. The first-order valence-corrected chi connectivity index (χ1v) is 22.6. The normalized spacial score (nSPS) is 18.1. The zero-order chi connectivity index (χ0) is 42.6. The Bertz CT molecular complexity index is 3260. The van der Waals surface area contributed by atoms with Crippen LogP contribution in [0.5, 0.6) is 0 Å². The van der Waals surface area contributed by atoms with Gasteiger partial charge in [0.05, 0.1) is 11.1 Å². The minimum absolute atomic E-state index is 0.114. The molecule has 1 heterocycles. The number of anilines is 3. The molecule has 0 spiro atoms. The summed E-state index contributed by atoms with van der Waals surface area (Å²) in [6.45, 7) is 2.17. The lowest BCUT2D eigenvalue weighted by atomic mass is 9.67. The zero-order valence-corrected chi connectivity index (χ0v) is 35.9. The first-order chi connectivity index (χ1) is 31.7. The van der Waals surface area contributed by atoms with Crippen LogP contribution in [0.1, 0.15) is 74.9 Å². The van der Waals surface area contributed by atoms with E-state index in [1.807, 2.05) is 0 Å². The van der Waals surface area contributed by atoms with Crippen LogP contribution in [0.25, 0.3) is 39.3 Å². The number of hydrogen-bond donors (Lipinski definition) is 0. The number of para-hydroxylation sites is 1. The van der Waals surface area contributed by atoms with Gasteiger partial charge in [-0.25, -0.2) is 0 Å². The van der Waals surface area contributed by atoms with Crippen molar-refractivity contribution in [3.05, 3.63) is 275 Å². The largest absolute Gasteiger partial charge is 0.459 e. The van der Waals surface area contributed by atoms with E-state index < -0.39 is 5.41 Å². The first kappa shape index (κ1) is 38.0. The van der Waals surface area contributed by atoms with Gasteiger partial charge in [-0.15, -0.1) is 0 Å². The Morgan fingerprint density at radius 2 is 1.22 bits per heavy atom. The fraction of sp³-hybridized carbons (Fsp3) is 0.0968. The van der Waals surface area contributed by atoms with Gasteiger partial charge in [-0.2, -0.15) is 0 Å². The second kappa shape index (κ2) is 15.6. The highest BCUT2D eigenvalue weighted by Crippen LogP contribution is 2.59. The van der Waals surface area contributed by atoms with Crippen LogP contribution in [-0.4, -0.2) is 0 Å². The number of fused-ring (bicyclic) bond motifs is 6. The molecule has 0 saturated heterocycles. The molecule has 12 rings (SSSR count). The van der Waals surface area contributed by atoms with Crippen LogP contribution in [-0.2, 0) is 5.41 Å². The minimum atomic E-state index is -0.508. The van der Waals surface area contributed by atoms with Crippen LogP contribution in [0.15, 0.2) is 229 Å². The molecule has 306 valence electrons. The van der Waals surface area contributed by atoms with Crippen molar-refractivity contribution in [3.63, 3.8) is 0 Å². The molecule has 64 heavy (non-hydrogen) atoms. The predicted molar refractivity (Wildman–Crippen MR) is 266 cm³/mol. The van der Waals surface area contributed by atoms with E-state index in [1.54, 1.807) is 0 Å². The van der Waals surface area contributed by atoms with Crippen molar-refractivity contribution >= 4 is 34.1 Å². The van der Waals surface area contributed by atoms with Gasteiger partial charge in [0, 0.05) is 45.3 Å². The monoisotopic (exact) mass is 821 g/mol. The van der Waals surface area contributed by atoms with E-state index in [4.69, 9.17) is 4.42 Å². The molecule has 3 aliphatic carbocycles. The Hall–Kier alpha value is -7.68. The molecule has 0 aliphatic heterocycles. The van der Waals surface area contributed by atoms with Crippen molar-refractivity contribution in [1.29, 1.82) is 0 Å².